The summed E-state index contributed by atoms with van der Waals surface area (Å²) in [6, 6.07) is 7.61. The van der Waals surface area contributed by atoms with Gasteiger partial charge in [0.25, 0.3) is 0 Å². The fourth-order valence-corrected chi connectivity index (χ4v) is 3.22. The van der Waals surface area contributed by atoms with E-state index in [-0.39, 0.29) is 6.10 Å². The summed E-state index contributed by atoms with van der Waals surface area (Å²) in [5.74, 6) is 0.608. The van der Waals surface area contributed by atoms with Gasteiger partial charge in [-0.05, 0) is 24.3 Å². The van der Waals surface area contributed by atoms with Gasteiger partial charge in [0.15, 0.2) is 5.82 Å². The SMILES string of the molecule is O=C(O)N1CCC(Oc2nnc(Cn3nccn3)n2-c2ccc(Cl)cc2)CC1. The molecule has 0 aliphatic carbocycles. The number of aromatic nitrogens is 6. The number of hydrogen-bond acceptors (Lipinski definition) is 6. The first-order chi connectivity index (χ1) is 13.6. The van der Waals surface area contributed by atoms with Crippen LogP contribution in [0.3, 0.4) is 0 Å². The number of halogens is 1. The summed E-state index contributed by atoms with van der Waals surface area (Å²) in [5, 5.41) is 26.4. The van der Waals surface area contributed by atoms with Gasteiger partial charge in [-0.3, -0.25) is 0 Å². The van der Waals surface area contributed by atoms with E-state index in [4.69, 9.17) is 21.4 Å². The second-order valence-electron chi connectivity index (χ2n) is 6.36. The molecule has 146 valence electrons. The quantitative estimate of drug-likeness (QED) is 0.694. The van der Waals surface area contributed by atoms with Crippen molar-refractivity contribution in [3.05, 3.63) is 47.5 Å². The zero-order valence-electron chi connectivity index (χ0n) is 14.8. The molecular formula is C17H18ClN7O3. The van der Waals surface area contributed by atoms with Crippen molar-refractivity contribution in [2.75, 3.05) is 13.1 Å². The molecule has 0 unspecified atom stereocenters. The van der Waals surface area contributed by atoms with Crippen LogP contribution in [0.5, 0.6) is 6.01 Å². The number of nitrogens with zero attached hydrogens (tertiary/aromatic N) is 7. The number of amides is 1. The van der Waals surface area contributed by atoms with E-state index in [0.717, 1.165) is 5.69 Å². The lowest BCUT2D eigenvalue weighted by atomic mass is 10.1. The Balaban J connectivity index is 1.59. The lowest BCUT2D eigenvalue weighted by molar-refractivity contribution is 0.0831. The number of likely N-dealkylation sites (tertiary alicyclic amines) is 1. The van der Waals surface area contributed by atoms with Crippen molar-refractivity contribution in [2.45, 2.75) is 25.5 Å². The van der Waals surface area contributed by atoms with Gasteiger partial charge in [-0.25, -0.2) is 9.36 Å². The minimum absolute atomic E-state index is 0.137. The molecule has 2 aromatic heterocycles. The molecule has 1 N–H and O–H groups in total. The number of ether oxygens (including phenoxy) is 1. The molecule has 1 aliphatic heterocycles. The molecular weight excluding hydrogens is 386 g/mol. The zero-order chi connectivity index (χ0) is 19.5. The van der Waals surface area contributed by atoms with E-state index in [2.05, 4.69) is 20.4 Å². The van der Waals surface area contributed by atoms with Crippen LogP contribution in [0.25, 0.3) is 5.69 Å². The Labute approximate surface area is 165 Å². The molecule has 0 saturated carbocycles. The van der Waals surface area contributed by atoms with Gasteiger partial charge in [0.1, 0.15) is 12.6 Å². The fraction of sp³-hybridized carbons (Fsp3) is 0.353. The molecule has 1 aromatic carbocycles. The average Bonchev–Trinajstić information content (AvgIpc) is 3.34. The maximum Gasteiger partial charge on any atom is 0.407 e. The minimum Gasteiger partial charge on any atom is -0.465 e. The predicted octanol–water partition coefficient (Wildman–Crippen LogP) is 2.08. The van der Waals surface area contributed by atoms with Crippen LogP contribution in [0, 0.1) is 0 Å². The molecule has 0 spiro atoms. The van der Waals surface area contributed by atoms with Crippen LogP contribution in [0.1, 0.15) is 18.7 Å². The van der Waals surface area contributed by atoms with E-state index in [1.54, 1.807) is 29.1 Å². The summed E-state index contributed by atoms with van der Waals surface area (Å²) in [5.41, 5.74) is 0.800. The highest BCUT2D eigenvalue weighted by molar-refractivity contribution is 6.30. The van der Waals surface area contributed by atoms with Gasteiger partial charge in [0.2, 0.25) is 0 Å². The number of benzene rings is 1. The first-order valence-electron chi connectivity index (χ1n) is 8.79. The van der Waals surface area contributed by atoms with Crippen LogP contribution < -0.4 is 4.74 Å². The lowest BCUT2D eigenvalue weighted by Crippen LogP contribution is -2.41. The standard InChI is InChI=1S/C17H18ClN7O3/c18-12-1-3-13(4-2-12)25-15(11-24-19-7-8-20-24)21-22-16(25)28-14-5-9-23(10-6-14)17(26)27/h1-4,7-8,14H,5-6,9-11H2,(H,26,27). The molecule has 1 fully saturated rings. The Hall–Kier alpha value is -3.14. The summed E-state index contributed by atoms with van der Waals surface area (Å²) in [6.07, 6.45) is 3.33. The van der Waals surface area contributed by atoms with Gasteiger partial charge in [-0.2, -0.15) is 15.0 Å². The van der Waals surface area contributed by atoms with Crippen molar-refractivity contribution in [1.29, 1.82) is 0 Å². The Morgan fingerprint density at radius 3 is 2.46 bits per heavy atom. The van der Waals surface area contributed by atoms with Gasteiger partial charge in [0, 0.05) is 31.0 Å². The molecule has 4 rings (SSSR count). The van der Waals surface area contributed by atoms with Gasteiger partial charge in [-0.15, -0.1) is 5.10 Å². The second kappa shape index (κ2) is 7.85. The Morgan fingerprint density at radius 2 is 1.82 bits per heavy atom. The number of rotatable bonds is 5. The van der Waals surface area contributed by atoms with Crippen LogP contribution in [0.4, 0.5) is 4.79 Å². The first kappa shape index (κ1) is 18.2. The van der Waals surface area contributed by atoms with Crippen LogP contribution in [0.2, 0.25) is 5.02 Å². The first-order valence-corrected chi connectivity index (χ1v) is 9.17. The molecule has 0 atom stereocenters. The van der Waals surface area contributed by atoms with E-state index >= 15 is 0 Å². The third-order valence-corrected chi connectivity index (χ3v) is 4.77. The van der Waals surface area contributed by atoms with Crippen molar-refractivity contribution in [3.8, 4) is 11.7 Å². The maximum atomic E-state index is 11.1. The highest BCUT2D eigenvalue weighted by atomic mass is 35.5. The molecule has 10 nitrogen and oxygen atoms in total. The topological polar surface area (TPSA) is 111 Å². The molecule has 11 heteroatoms. The molecule has 3 heterocycles. The molecule has 0 bridgehead atoms. The Kier molecular flexibility index (Phi) is 5.11. The van der Waals surface area contributed by atoms with Crippen molar-refractivity contribution >= 4 is 17.7 Å². The number of carboxylic acid groups (broad SMARTS) is 1. The van der Waals surface area contributed by atoms with Crippen LogP contribution in [-0.4, -0.2) is 65.1 Å². The normalized spacial score (nSPS) is 15.0. The Bertz CT molecular complexity index is 934. The van der Waals surface area contributed by atoms with Crippen molar-refractivity contribution in [2.24, 2.45) is 0 Å². The maximum absolute atomic E-state index is 11.1. The number of carbonyl (C=O) groups is 1. The summed E-state index contributed by atoms with van der Waals surface area (Å²) < 4.78 is 7.88. The van der Waals surface area contributed by atoms with Crippen LogP contribution >= 0.6 is 11.6 Å². The van der Waals surface area contributed by atoms with Crippen LogP contribution in [0.15, 0.2) is 36.7 Å². The van der Waals surface area contributed by atoms with Gasteiger partial charge in [-0.1, -0.05) is 16.7 Å². The van der Waals surface area contributed by atoms with Gasteiger partial charge < -0.3 is 14.7 Å². The summed E-state index contributed by atoms with van der Waals surface area (Å²) in [7, 11) is 0. The van der Waals surface area contributed by atoms with E-state index in [0.29, 0.717) is 49.3 Å². The van der Waals surface area contributed by atoms with E-state index in [9.17, 15) is 4.79 Å². The molecule has 1 saturated heterocycles. The number of hydrogen-bond donors (Lipinski definition) is 1. The minimum atomic E-state index is -0.906. The molecule has 3 aromatic rings. The molecule has 1 aliphatic rings. The van der Waals surface area contributed by atoms with E-state index in [1.165, 1.54) is 9.70 Å². The summed E-state index contributed by atoms with van der Waals surface area (Å²) in [6.45, 7) is 1.18. The summed E-state index contributed by atoms with van der Waals surface area (Å²) in [4.78, 5) is 14.0. The summed E-state index contributed by atoms with van der Waals surface area (Å²) >= 11 is 6.01. The van der Waals surface area contributed by atoms with Gasteiger partial charge >= 0.3 is 12.1 Å². The fourth-order valence-electron chi connectivity index (χ4n) is 3.09. The van der Waals surface area contributed by atoms with E-state index in [1.807, 2.05) is 12.1 Å². The van der Waals surface area contributed by atoms with Crippen LogP contribution in [-0.2, 0) is 6.54 Å². The largest absolute Gasteiger partial charge is 0.465 e. The predicted molar refractivity (Wildman–Crippen MR) is 98.7 cm³/mol. The van der Waals surface area contributed by atoms with Gasteiger partial charge in [0.05, 0.1) is 18.1 Å². The van der Waals surface area contributed by atoms with Crippen molar-refractivity contribution in [1.82, 2.24) is 34.7 Å². The zero-order valence-corrected chi connectivity index (χ0v) is 15.6. The molecule has 28 heavy (non-hydrogen) atoms. The lowest BCUT2D eigenvalue weighted by Gasteiger charge is -2.29. The van der Waals surface area contributed by atoms with E-state index < -0.39 is 6.09 Å². The molecule has 1 amide bonds. The average molecular weight is 404 g/mol. The highest BCUT2D eigenvalue weighted by Gasteiger charge is 2.26. The van der Waals surface area contributed by atoms with Crippen molar-refractivity contribution in [3.63, 3.8) is 0 Å². The Morgan fingerprint density at radius 1 is 1.14 bits per heavy atom. The third-order valence-electron chi connectivity index (χ3n) is 4.52. The second-order valence-corrected chi connectivity index (χ2v) is 6.79. The smallest absolute Gasteiger partial charge is 0.407 e. The third kappa shape index (κ3) is 3.91. The monoisotopic (exact) mass is 403 g/mol. The molecule has 0 radical (unpaired) electrons. The van der Waals surface area contributed by atoms with Crippen molar-refractivity contribution < 1.29 is 14.6 Å². The number of piperidine rings is 1. The highest BCUT2D eigenvalue weighted by Crippen LogP contribution is 2.24.